The highest BCUT2D eigenvalue weighted by molar-refractivity contribution is 5.89. The minimum absolute atomic E-state index is 0.105. The van der Waals surface area contributed by atoms with Crippen molar-refractivity contribution < 1.29 is 4.79 Å². The molecule has 0 radical (unpaired) electrons. The van der Waals surface area contributed by atoms with Crippen LogP contribution in [0.2, 0.25) is 0 Å². The molecule has 0 heterocycles. The third kappa shape index (κ3) is 1.58. The van der Waals surface area contributed by atoms with Crippen molar-refractivity contribution >= 4 is 5.78 Å². The molecule has 1 nitrogen and oxygen atoms in total. The lowest BCUT2D eigenvalue weighted by Gasteiger charge is -2.33. The Hall–Kier alpha value is -0.850. The van der Waals surface area contributed by atoms with Gasteiger partial charge >= 0.3 is 0 Å². The number of hydrogen-bond donors (Lipinski definition) is 0. The summed E-state index contributed by atoms with van der Waals surface area (Å²) in [6.45, 7) is 8.39. The number of rotatable bonds is 3. The Morgan fingerprint density at radius 1 is 1.60 bits per heavy atom. The van der Waals surface area contributed by atoms with Crippen molar-refractivity contribution in [3.63, 3.8) is 0 Å². The molecule has 0 amide bonds. The molecule has 0 N–H and O–H groups in total. The monoisotopic (exact) mass is 204 g/mol. The van der Waals surface area contributed by atoms with Gasteiger partial charge in [0.25, 0.3) is 0 Å². The summed E-state index contributed by atoms with van der Waals surface area (Å²) in [5, 5.41) is 0. The SMILES string of the molecule is C=C1[C@@H]2CC[C@@H](C2)[C@@]1(C)C=CC(=O)CC. The smallest absolute Gasteiger partial charge is 0.155 e. The second-order valence-corrected chi connectivity index (χ2v) is 5.17. The maximum Gasteiger partial charge on any atom is 0.155 e. The van der Waals surface area contributed by atoms with Crippen molar-refractivity contribution in [1.29, 1.82) is 0 Å². The van der Waals surface area contributed by atoms with Crippen molar-refractivity contribution in [3.05, 3.63) is 24.3 Å². The van der Waals surface area contributed by atoms with Crippen LogP contribution in [0.25, 0.3) is 0 Å². The summed E-state index contributed by atoms with van der Waals surface area (Å²) in [5.41, 5.74) is 1.47. The molecule has 0 aromatic rings. The van der Waals surface area contributed by atoms with Crippen LogP contribution in [0.3, 0.4) is 0 Å². The highest BCUT2D eigenvalue weighted by atomic mass is 16.1. The Morgan fingerprint density at radius 3 is 2.87 bits per heavy atom. The predicted molar refractivity (Wildman–Crippen MR) is 62.5 cm³/mol. The number of ketones is 1. The molecule has 2 aliphatic rings. The fourth-order valence-electron chi connectivity index (χ4n) is 3.17. The lowest BCUT2D eigenvalue weighted by atomic mass is 9.71. The molecule has 0 aromatic heterocycles. The Morgan fingerprint density at radius 2 is 2.33 bits per heavy atom. The minimum Gasteiger partial charge on any atom is -0.295 e. The zero-order valence-electron chi connectivity index (χ0n) is 9.75. The van der Waals surface area contributed by atoms with Crippen LogP contribution in [-0.2, 0) is 4.79 Å². The summed E-state index contributed by atoms with van der Waals surface area (Å²) in [6.07, 6.45) is 8.41. The first-order valence-corrected chi connectivity index (χ1v) is 5.99. The van der Waals surface area contributed by atoms with E-state index in [-0.39, 0.29) is 11.2 Å². The molecule has 2 aliphatic carbocycles. The van der Waals surface area contributed by atoms with E-state index in [1.807, 2.05) is 6.92 Å². The zero-order valence-corrected chi connectivity index (χ0v) is 9.75. The zero-order chi connectivity index (χ0) is 11.1. The second kappa shape index (κ2) is 3.62. The van der Waals surface area contributed by atoms with Crippen LogP contribution in [0.4, 0.5) is 0 Å². The first-order valence-electron chi connectivity index (χ1n) is 5.99. The average Bonchev–Trinajstić information content (AvgIpc) is 2.80. The molecular weight excluding hydrogens is 184 g/mol. The molecule has 1 heteroatoms. The van der Waals surface area contributed by atoms with E-state index in [1.54, 1.807) is 6.08 Å². The van der Waals surface area contributed by atoms with Gasteiger partial charge in [-0.25, -0.2) is 0 Å². The largest absolute Gasteiger partial charge is 0.295 e. The van der Waals surface area contributed by atoms with Crippen LogP contribution in [-0.4, -0.2) is 5.78 Å². The van der Waals surface area contributed by atoms with E-state index in [2.05, 4.69) is 19.6 Å². The van der Waals surface area contributed by atoms with Gasteiger partial charge in [-0.2, -0.15) is 0 Å². The minimum atomic E-state index is 0.105. The standard InChI is InChI=1S/C14H20O/c1-4-13(15)7-8-14(3)10(2)11-5-6-12(14)9-11/h7-8,11-12H,2,4-6,9H2,1,3H3/t11-,12+,14+/m1/s1. The van der Waals surface area contributed by atoms with Crippen molar-refractivity contribution in [3.8, 4) is 0 Å². The van der Waals surface area contributed by atoms with E-state index >= 15 is 0 Å². The third-order valence-electron chi connectivity index (χ3n) is 4.43. The van der Waals surface area contributed by atoms with E-state index in [0.29, 0.717) is 6.42 Å². The van der Waals surface area contributed by atoms with E-state index < -0.39 is 0 Å². The molecule has 0 aromatic carbocycles. The topological polar surface area (TPSA) is 17.1 Å². The molecule has 2 bridgehead atoms. The van der Waals surface area contributed by atoms with Gasteiger partial charge in [0.2, 0.25) is 0 Å². The summed E-state index contributed by atoms with van der Waals surface area (Å²) in [5.74, 6) is 1.68. The molecule has 3 atom stereocenters. The molecule has 2 fully saturated rings. The van der Waals surface area contributed by atoms with Gasteiger partial charge in [-0.15, -0.1) is 0 Å². The number of carbonyl (C=O) groups is 1. The quantitative estimate of drug-likeness (QED) is 0.508. The van der Waals surface area contributed by atoms with Crippen LogP contribution in [0.1, 0.15) is 39.5 Å². The van der Waals surface area contributed by atoms with E-state index in [4.69, 9.17) is 0 Å². The molecule has 2 saturated carbocycles. The fourth-order valence-corrected chi connectivity index (χ4v) is 3.17. The van der Waals surface area contributed by atoms with Gasteiger partial charge in [0.15, 0.2) is 5.78 Å². The predicted octanol–water partition coefficient (Wildman–Crippen LogP) is 3.51. The molecule has 0 saturated heterocycles. The molecule has 0 aliphatic heterocycles. The van der Waals surface area contributed by atoms with Crippen LogP contribution < -0.4 is 0 Å². The molecular formula is C14H20O. The summed E-state index contributed by atoms with van der Waals surface area (Å²) in [4.78, 5) is 11.3. The first kappa shape index (κ1) is 10.7. The number of fused-ring (bicyclic) bond motifs is 2. The first-order chi connectivity index (χ1) is 7.08. The fraction of sp³-hybridized carbons (Fsp3) is 0.643. The summed E-state index contributed by atoms with van der Waals surface area (Å²) in [6, 6.07) is 0. The molecule has 82 valence electrons. The average molecular weight is 204 g/mol. The van der Waals surface area contributed by atoms with Crippen molar-refractivity contribution in [2.75, 3.05) is 0 Å². The van der Waals surface area contributed by atoms with Crippen LogP contribution >= 0.6 is 0 Å². The van der Waals surface area contributed by atoms with Gasteiger partial charge in [-0.05, 0) is 37.2 Å². The normalized spacial score (nSPS) is 39.2. The van der Waals surface area contributed by atoms with Gasteiger partial charge < -0.3 is 0 Å². The van der Waals surface area contributed by atoms with Gasteiger partial charge in [0.05, 0.1) is 0 Å². The Balaban J connectivity index is 2.17. The number of carbonyl (C=O) groups excluding carboxylic acids is 1. The van der Waals surface area contributed by atoms with Gasteiger partial charge in [0.1, 0.15) is 0 Å². The van der Waals surface area contributed by atoms with E-state index in [0.717, 1.165) is 11.8 Å². The number of hydrogen-bond acceptors (Lipinski definition) is 1. The van der Waals surface area contributed by atoms with E-state index in [9.17, 15) is 4.79 Å². The Labute approximate surface area is 92.3 Å². The highest BCUT2D eigenvalue weighted by Crippen LogP contribution is 2.59. The third-order valence-corrected chi connectivity index (χ3v) is 4.43. The summed E-state index contributed by atoms with van der Waals surface area (Å²) in [7, 11) is 0. The van der Waals surface area contributed by atoms with Crippen LogP contribution in [0, 0.1) is 17.3 Å². The molecule has 2 rings (SSSR count). The maximum atomic E-state index is 11.3. The molecule has 0 spiro atoms. The van der Waals surface area contributed by atoms with Crippen LogP contribution in [0.5, 0.6) is 0 Å². The second-order valence-electron chi connectivity index (χ2n) is 5.17. The van der Waals surface area contributed by atoms with Crippen LogP contribution in [0.15, 0.2) is 24.3 Å². The summed E-state index contributed by atoms with van der Waals surface area (Å²) < 4.78 is 0. The summed E-state index contributed by atoms with van der Waals surface area (Å²) >= 11 is 0. The van der Waals surface area contributed by atoms with Gasteiger partial charge in [-0.3, -0.25) is 4.79 Å². The van der Waals surface area contributed by atoms with Crippen molar-refractivity contribution in [2.45, 2.75) is 39.5 Å². The molecule has 0 unspecified atom stereocenters. The Bertz CT molecular complexity index is 326. The van der Waals surface area contributed by atoms with Gasteiger partial charge in [-0.1, -0.05) is 32.1 Å². The molecule has 15 heavy (non-hydrogen) atoms. The maximum absolute atomic E-state index is 11.3. The lowest BCUT2D eigenvalue weighted by molar-refractivity contribution is -0.114. The number of allylic oxidation sites excluding steroid dienone is 3. The van der Waals surface area contributed by atoms with E-state index in [1.165, 1.54) is 24.8 Å². The highest BCUT2D eigenvalue weighted by Gasteiger charge is 2.49. The van der Waals surface area contributed by atoms with Gasteiger partial charge in [0, 0.05) is 11.8 Å². The lowest BCUT2D eigenvalue weighted by Crippen LogP contribution is -2.24. The Kier molecular flexibility index (Phi) is 2.57. The van der Waals surface area contributed by atoms with Crippen molar-refractivity contribution in [2.24, 2.45) is 17.3 Å². The van der Waals surface area contributed by atoms with Crippen molar-refractivity contribution in [1.82, 2.24) is 0 Å².